The fraction of sp³-hybridized carbons (Fsp3) is 0.308. The van der Waals surface area contributed by atoms with Crippen LogP contribution in [-0.4, -0.2) is 14.7 Å². The van der Waals surface area contributed by atoms with Crippen LogP contribution in [0.15, 0.2) is 29.0 Å². The molecular weight excluding hydrogens is 316 g/mol. The summed E-state index contributed by atoms with van der Waals surface area (Å²) in [4.78, 5) is 4.29. The number of aliphatic hydroxyl groups excluding tert-OH is 1. The van der Waals surface area contributed by atoms with Crippen molar-refractivity contribution in [1.29, 1.82) is 0 Å². The van der Waals surface area contributed by atoms with Crippen molar-refractivity contribution >= 4 is 27.5 Å². The molecular formula is C13H14BrClN2O. The van der Waals surface area contributed by atoms with Gasteiger partial charge in [0.2, 0.25) is 0 Å². The van der Waals surface area contributed by atoms with E-state index in [2.05, 4.69) is 25.5 Å². The Kier molecular flexibility index (Phi) is 4.43. The highest BCUT2D eigenvalue weighted by Crippen LogP contribution is 2.19. The van der Waals surface area contributed by atoms with Crippen molar-refractivity contribution in [2.75, 3.05) is 0 Å². The molecule has 2 rings (SSSR count). The molecule has 2 aromatic rings. The van der Waals surface area contributed by atoms with Crippen molar-refractivity contribution < 1.29 is 5.11 Å². The Morgan fingerprint density at radius 3 is 2.78 bits per heavy atom. The molecule has 0 aliphatic rings. The van der Waals surface area contributed by atoms with E-state index in [1.165, 1.54) is 0 Å². The minimum absolute atomic E-state index is 0.0214. The molecule has 0 bridgehead atoms. The predicted molar refractivity (Wildman–Crippen MR) is 75.7 cm³/mol. The summed E-state index contributed by atoms with van der Waals surface area (Å²) in [5.41, 5.74) is 1.92. The Morgan fingerprint density at radius 1 is 1.44 bits per heavy atom. The minimum Gasteiger partial charge on any atom is -0.392 e. The number of hydrogen-bond donors (Lipinski definition) is 1. The first-order chi connectivity index (χ1) is 8.60. The van der Waals surface area contributed by atoms with Gasteiger partial charge in [0.05, 0.1) is 6.61 Å². The van der Waals surface area contributed by atoms with Gasteiger partial charge in [0, 0.05) is 17.8 Å². The second-order valence-electron chi connectivity index (χ2n) is 4.14. The maximum atomic E-state index is 9.02. The zero-order valence-electron chi connectivity index (χ0n) is 10.0. The van der Waals surface area contributed by atoms with Gasteiger partial charge in [0.1, 0.15) is 10.4 Å². The van der Waals surface area contributed by atoms with Crippen LogP contribution in [-0.2, 0) is 19.6 Å². The smallest absolute Gasteiger partial charge is 0.124 e. The second kappa shape index (κ2) is 5.87. The molecule has 5 heteroatoms. The lowest BCUT2D eigenvalue weighted by atomic mass is 10.1. The number of hydrogen-bond acceptors (Lipinski definition) is 2. The molecule has 0 aliphatic heterocycles. The highest BCUT2D eigenvalue weighted by Gasteiger charge is 2.05. The third-order valence-electron chi connectivity index (χ3n) is 2.87. The molecule has 0 unspecified atom stereocenters. The summed E-state index contributed by atoms with van der Waals surface area (Å²) in [6.07, 6.45) is 2.81. The summed E-state index contributed by atoms with van der Waals surface area (Å²) < 4.78 is 2.93. The number of aromatic nitrogens is 2. The van der Waals surface area contributed by atoms with E-state index in [0.29, 0.717) is 5.02 Å². The average molecular weight is 330 g/mol. The number of halogens is 2. The van der Waals surface area contributed by atoms with Crippen molar-refractivity contribution in [3.63, 3.8) is 0 Å². The van der Waals surface area contributed by atoms with Gasteiger partial charge in [0.25, 0.3) is 0 Å². The minimum atomic E-state index is 0.0214. The summed E-state index contributed by atoms with van der Waals surface area (Å²) in [5.74, 6) is 0.977. The SMILES string of the molecule is Cc1nc(Br)cn1CCc1ccc(CO)cc1Cl. The highest BCUT2D eigenvalue weighted by molar-refractivity contribution is 9.10. The van der Waals surface area contributed by atoms with E-state index in [4.69, 9.17) is 16.7 Å². The van der Waals surface area contributed by atoms with E-state index in [9.17, 15) is 0 Å². The largest absolute Gasteiger partial charge is 0.392 e. The predicted octanol–water partition coefficient (Wildman–Crippen LogP) is 3.34. The van der Waals surface area contributed by atoms with E-state index >= 15 is 0 Å². The van der Waals surface area contributed by atoms with Crippen LogP contribution < -0.4 is 0 Å². The summed E-state index contributed by atoms with van der Waals surface area (Å²) >= 11 is 9.53. The van der Waals surface area contributed by atoms with Crippen LogP contribution in [0.5, 0.6) is 0 Å². The standard InChI is InChI=1S/C13H14BrClN2O/c1-9-16-13(14)7-17(9)5-4-11-3-2-10(8-18)6-12(11)15/h2-3,6-7,18H,4-5,8H2,1H3. The Labute approximate surface area is 120 Å². The lowest BCUT2D eigenvalue weighted by Gasteiger charge is -2.08. The molecule has 0 aliphatic carbocycles. The Balaban J connectivity index is 2.08. The third-order valence-corrected chi connectivity index (χ3v) is 3.60. The molecule has 18 heavy (non-hydrogen) atoms. The molecule has 0 saturated heterocycles. The van der Waals surface area contributed by atoms with Crippen LogP contribution in [0.25, 0.3) is 0 Å². The van der Waals surface area contributed by atoms with E-state index < -0.39 is 0 Å². The monoisotopic (exact) mass is 328 g/mol. The molecule has 0 spiro atoms. The zero-order valence-corrected chi connectivity index (χ0v) is 12.4. The van der Waals surface area contributed by atoms with E-state index in [1.54, 1.807) is 0 Å². The Bertz CT molecular complexity index is 554. The van der Waals surface area contributed by atoms with Crippen molar-refractivity contribution in [2.24, 2.45) is 0 Å². The first kappa shape index (κ1) is 13.6. The normalized spacial score (nSPS) is 10.9. The van der Waals surface area contributed by atoms with Crippen LogP contribution in [0, 0.1) is 6.92 Å². The van der Waals surface area contributed by atoms with Gasteiger partial charge in [-0.3, -0.25) is 0 Å². The fourth-order valence-corrected chi connectivity index (χ4v) is 2.63. The van der Waals surface area contributed by atoms with Gasteiger partial charge < -0.3 is 9.67 Å². The van der Waals surface area contributed by atoms with Crippen molar-refractivity contribution in [2.45, 2.75) is 26.5 Å². The third kappa shape index (κ3) is 3.13. The van der Waals surface area contributed by atoms with Gasteiger partial charge in [-0.25, -0.2) is 4.98 Å². The first-order valence-corrected chi connectivity index (χ1v) is 6.84. The van der Waals surface area contributed by atoms with Gasteiger partial charge in [-0.1, -0.05) is 23.7 Å². The van der Waals surface area contributed by atoms with Gasteiger partial charge in [-0.05, 0) is 46.5 Å². The number of benzene rings is 1. The maximum absolute atomic E-state index is 9.02. The van der Waals surface area contributed by atoms with Gasteiger partial charge >= 0.3 is 0 Å². The fourth-order valence-electron chi connectivity index (χ4n) is 1.83. The molecule has 1 N–H and O–H groups in total. The second-order valence-corrected chi connectivity index (χ2v) is 5.36. The number of rotatable bonds is 4. The lowest BCUT2D eigenvalue weighted by molar-refractivity contribution is 0.282. The molecule has 0 radical (unpaired) electrons. The molecule has 1 heterocycles. The summed E-state index contributed by atoms with van der Waals surface area (Å²) in [6.45, 7) is 2.83. The van der Waals surface area contributed by atoms with Crippen LogP contribution in [0.1, 0.15) is 17.0 Å². The molecule has 96 valence electrons. The number of nitrogens with zero attached hydrogens (tertiary/aromatic N) is 2. The summed E-state index contributed by atoms with van der Waals surface area (Å²) in [5, 5.41) is 9.73. The Hall–Kier alpha value is -0.840. The van der Waals surface area contributed by atoms with E-state index in [1.807, 2.05) is 31.3 Å². The van der Waals surface area contributed by atoms with Gasteiger partial charge in [-0.15, -0.1) is 0 Å². The molecule has 3 nitrogen and oxygen atoms in total. The van der Waals surface area contributed by atoms with Crippen molar-refractivity contribution in [3.8, 4) is 0 Å². The molecule has 0 atom stereocenters. The number of aryl methyl sites for hydroxylation is 3. The van der Waals surface area contributed by atoms with E-state index in [-0.39, 0.29) is 6.61 Å². The lowest BCUT2D eigenvalue weighted by Crippen LogP contribution is -2.03. The van der Waals surface area contributed by atoms with E-state index in [0.717, 1.165) is 34.5 Å². The summed E-state index contributed by atoms with van der Waals surface area (Å²) in [7, 11) is 0. The topological polar surface area (TPSA) is 38.0 Å². The number of imidazole rings is 1. The first-order valence-electron chi connectivity index (χ1n) is 5.67. The van der Waals surface area contributed by atoms with Crippen LogP contribution >= 0.6 is 27.5 Å². The molecule has 1 aromatic heterocycles. The molecule has 1 aromatic carbocycles. The quantitative estimate of drug-likeness (QED) is 0.934. The Morgan fingerprint density at radius 2 is 2.22 bits per heavy atom. The molecule has 0 amide bonds. The molecule has 0 saturated carbocycles. The van der Waals surface area contributed by atoms with Crippen LogP contribution in [0.3, 0.4) is 0 Å². The maximum Gasteiger partial charge on any atom is 0.124 e. The zero-order chi connectivity index (χ0) is 13.1. The van der Waals surface area contributed by atoms with Gasteiger partial charge in [-0.2, -0.15) is 0 Å². The van der Waals surface area contributed by atoms with Crippen molar-refractivity contribution in [3.05, 3.63) is 51.0 Å². The number of aliphatic hydroxyl groups is 1. The van der Waals surface area contributed by atoms with Crippen LogP contribution in [0.4, 0.5) is 0 Å². The molecule has 0 fully saturated rings. The summed E-state index contributed by atoms with van der Waals surface area (Å²) in [6, 6.07) is 5.68. The van der Waals surface area contributed by atoms with Gasteiger partial charge in [0.15, 0.2) is 0 Å². The average Bonchev–Trinajstić information content (AvgIpc) is 2.66. The van der Waals surface area contributed by atoms with Crippen molar-refractivity contribution in [1.82, 2.24) is 9.55 Å². The highest BCUT2D eigenvalue weighted by atomic mass is 79.9. The van der Waals surface area contributed by atoms with Crippen LogP contribution in [0.2, 0.25) is 5.02 Å².